The maximum atomic E-state index is 14.1. The number of halogens is 1. The van der Waals surface area contributed by atoms with Gasteiger partial charge in [0, 0.05) is 11.6 Å². The number of hydrogen-bond acceptors (Lipinski definition) is 11. The zero-order valence-electron chi connectivity index (χ0n) is 33.0. The number of ketones is 1. The van der Waals surface area contributed by atoms with Gasteiger partial charge in [-0.15, -0.1) is 0 Å². The van der Waals surface area contributed by atoms with Crippen LogP contribution in [0.15, 0.2) is 64.4 Å². The highest BCUT2D eigenvalue weighted by molar-refractivity contribution is 9.10. The number of rotatable bonds is 9. The normalized spacial score (nSPS) is 15.1. The first-order valence-electron chi connectivity index (χ1n) is 17.6. The first-order valence-corrected chi connectivity index (χ1v) is 18.4. The van der Waals surface area contributed by atoms with Crippen LogP contribution in [0, 0.1) is 55.4 Å². The molecule has 0 aliphatic heterocycles. The van der Waals surface area contributed by atoms with Crippen molar-refractivity contribution in [1.29, 1.82) is 0 Å². The Morgan fingerprint density at radius 2 is 1.23 bits per heavy atom. The van der Waals surface area contributed by atoms with Gasteiger partial charge in [-0.05, 0) is 146 Å². The van der Waals surface area contributed by atoms with Gasteiger partial charge in [0.2, 0.25) is 5.60 Å². The Morgan fingerprint density at radius 3 is 1.79 bits per heavy atom. The summed E-state index contributed by atoms with van der Waals surface area (Å²) in [4.78, 5) is 65.6. The molecule has 5 rings (SSSR count). The van der Waals surface area contributed by atoms with Crippen LogP contribution in [0.5, 0.6) is 23.0 Å². The summed E-state index contributed by atoms with van der Waals surface area (Å²) in [5, 5.41) is 32.6. The molecule has 0 amide bonds. The van der Waals surface area contributed by atoms with Crippen molar-refractivity contribution < 1.29 is 58.2 Å². The summed E-state index contributed by atoms with van der Waals surface area (Å²) < 4.78 is 22.6. The zero-order valence-corrected chi connectivity index (χ0v) is 34.6. The molecule has 0 saturated heterocycles. The first-order chi connectivity index (χ1) is 26.7. The van der Waals surface area contributed by atoms with Crippen LogP contribution in [0.25, 0.3) is 11.1 Å². The lowest BCUT2D eigenvalue weighted by atomic mass is 9.87. The Morgan fingerprint density at radius 1 is 0.684 bits per heavy atom. The van der Waals surface area contributed by atoms with Gasteiger partial charge in [0.25, 0.3) is 0 Å². The minimum Gasteiger partial charge on any atom is -0.506 e. The van der Waals surface area contributed by atoms with E-state index in [1.165, 1.54) is 33.9 Å². The Labute approximate surface area is 337 Å². The number of aryl methyl sites for hydroxylation is 1. The first kappa shape index (κ1) is 42.1. The van der Waals surface area contributed by atoms with Crippen LogP contribution < -0.4 is 14.2 Å². The summed E-state index contributed by atoms with van der Waals surface area (Å²) in [5.74, 6) is -5.32. The molecule has 12 nitrogen and oxygen atoms in total. The number of aromatic carboxylic acids is 1. The molecule has 0 unspecified atom stereocenters. The van der Waals surface area contributed by atoms with Crippen LogP contribution in [0.2, 0.25) is 0 Å². The monoisotopic (exact) mass is 840 g/mol. The molecule has 0 spiro atoms. The fraction of sp³-hybridized carbons (Fsp3) is 0.250. The number of aromatic hydroxyl groups is 1. The van der Waals surface area contributed by atoms with Gasteiger partial charge >= 0.3 is 23.9 Å². The average Bonchev–Trinajstić information content (AvgIpc) is 3.15. The number of allylic oxidation sites excluding steroid dienone is 2. The highest BCUT2D eigenvalue weighted by Crippen LogP contribution is 2.45. The highest BCUT2D eigenvalue weighted by atomic mass is 79.9. The predicted octanol–water partition coefficient (Wildman–Crippen LogP) is 8.12. The number of hydrogen-bond donors (Lipinski definition) is 3. The molecule has 296 valence electrons. The number of ether oxygens (including phenoxy) is 4. The van der Waals surface area contributed by atoms with Crippen molar-refractivity contribution in [3.05, 3.63) is 126 Å². The van der Waals surface area contributed by atoms with Crippen molar-refractivity contribution in [2.75, 3.05) is 7.11 Å². The summed E-state index contributed by atoms with van der Waals surface area (Å²) in [5.41, 5.74) is 1.83. The molecule has 57 heavy (non-hydrogen) atoms. The van der Waals surface area contributed by atoms with Crippen LogP contribution in [0.4, 0.5) is 0 Å². The van der Waals surface area contributed by atoms with Gasteiger partial charge in [0.15, 0.2) is 11.5 Å². The van der Waals surface area contributed by atoms with Crippen LogP contribution in [0.3, 0.4) is 0 Å². The van der Waals surface area contributed by atoms with E-state index >= 15 is 0 Å². The van der Waals surface area contributed by atoms with E-state index < -0.39 is 41.0 Å². The number of phenols is 1. The van der Waals surface area contributed by atoms with Gasteiger partial charge in [-0.3, -0.25) is 4.79 Å². The second kappa shape index (κ2) is 15.8. The molecule has 4 aromatic carbocycles. The van der Waals surface area contributed by atoms with Crippen LogP contribution >= 0.6 is 15.9 Å². The van der Waals surface area contributed by atoms with Gasteiger partial charge in [-0.25, -0.2) is 19.2 Å². The number of carbonyl (C=O) groups excluding carboxylic acids is 4. The van der Waals surface area contributed by atoms with Crippen molar-refractivity contribution in [3.63, 3.8) is 0 Å². The molecule has 1 atom stereocenters. The molecule has 4 aromatic rings. The van der Waals surface area contributed by atoms with Gasteiger partial charge in [-0.1, -0.05) is 30.3 Å². The maximum absolute atomic E-state index is 14.1. The van der Waals surface area contributed by atoms with Crippen molar-refractivity contribution in [2.24, 2.45) is 0 Å². The van der Waals surface area contributed by atoms with E-state index in [1.54, 1.807) is 71.9 Å². The second-order valence-electron chi connectivity index (χ2n) is 13.9. The van der Waals surface area contributed by atoms with E-state index in [1.807, 2.05) is 0 Å². The van der Waals surface area contributed by atoms with E-state index in [4.69, 9.17) is 18.9 Å². The third kappa shape index (κ3) is 7.24. The summed E-state index contributed by atoms with van der Waals surface area (Å²) in [6.45, 7) is 14.5. The summed E-state index contributed by atoms with van der Waals surface area (Å²) in [6, 6.07) is 10.4. The van der Waals surface area contributed by atoms with Crippen LogP contribution in [0.1, 0.15) is 82.5 Å². The fourth-order valence-corrected chi connectivity index (χ4v) is 7.64. The van der Waals surface area contributed by atoms with Crippen molar-refractivity contribution in [2.45, 2.75) is 67.9 Å². The molecular weight excluding hydrogens is 800 g/mol. The van der Waals surface area contributed by atoms with Gasteiger partial charge in [0.1, 0.15) is 33.0 Å². The maximum Gasteiger partial charge on any atom is 0.356 e. The predicted molar refractivity (Wildman–Crippen MR) is 213 cm³/mol. The molecule has 0 fully saturated rings. The molecule has 1 aliphatic rings. The number of benzene rings is 4. The Kier molecular flexibility index (Phi) is 11.7. The van der Waals surface area contributed by atoms with Gasteiger partial charge in [0.05, 0.1) is 18.2 Å². The lowest BCUT2D eigenvalue weighted by Gasteiger charge is -2.30. The largest absolute Gasteiger partial charge is 0.506 e. The molecule has 0 radical (unpaired) electrons. The lowest BCUT2D eigenvalue weighted by Crippen LogP contribution is -2.47. The molecule has 3 N–H and O–H groups in total. The quantitative estimate of drug-likeness (QED) is 0.109. The number of aliphatic hydroxyl groups is 1. The highest BCUT2D eigenvalue weighted by Gasteiger charge is 2.48. The van der Waals surface area contributed by atoms with Crippen molar-refractivity contribution in [1.82, 2.24) is 0 Å². The third-order valence-corrected chi connectivity index (χ3v) is 11.3. The lowest BCUT2D eigenvalue weighted by molar-refractivity contribution is -0.151. The van der Waals surface area contributed by atoms with Crippen LogP contribution in [-0.4, -0.2) is 57.7 Å². The number of methoxy groups -OCH3 is 1. The summed E-state index contributed by atoms with van der Waals surface area (Å²) >= 11 is 3.24. The molecule has 13 heteroatoms. The molecule has 0 saturated carbocycles. The Balaban J connectivity index is 1.56. The number of phenolic OH excluding ortho intramolecular Hbond substituents is 1. The fourth-order valence-electron chi connectivity index (χ4n) is 7.06. The number of carbonyl (C=O) groups is 5. The minimum absolute atomic E-state index is 0.0457. The van der Waals surface area contributed by atoms with Gasteiger partial charge in [-0.2, -0.15) is 0 Å². The Hall–Kier alpha value is -6.05. The second-order valence-corrected chi connectivity index (χ2v) is 14.7. The van der Waals surface area contributed by atoms with E-state index in [0.717, 1.165) is 12.2 Å². The minimum atomic E-state index is -2.45. The number of carboxylic acids is 1. The van der Waals surface area contributed by atoms with Crippen LogP contribution in [-0.2, 0) is 14.3 Å². The third-order valence-electron chi connectivity index (χ3n) is 10.6. The van der Waals surface area contributed by atoms with E-state index in [2.05, 4.69) is 15.9 Å². The molecule has 0 bridgehead atoms. The standard InChI is InChI=1S/C44H41BrO12/c1-19-16-30(34(28-14-12-11-13-15-28)27(9)32(19)41(50)56-38-24(6)21(3)33(40(48)49)22(4)25(38)7)55-42(51)35-23(5)26(8)39(36(45)37(35)47)57-43(52)44(53)20(2)17-29(46)18-31(44)54-10/h11-18,47,53H,1-10H3,(H,48,49)/t44-/m1/s1. The molecule has 0 aromatic heterocycles. The van der Waals surface area contributed by atoms with E-state index in [-0.39, 0.29) is 60.9 Å². The molecule has 1 aliphatic carbocycles. The van der Waals surface area contributed by atoms with E-state index in [0.29, 0.717) is 44.5 Å². The van der Waals surface area contributed by atoms with E-state index in [9.17, 15) is 39.3 Å². The zero-order chi connectivity index (χ0) is 42.4. The molecular formula is C44H41BrO12. The smallest absolute Gasteiger partial charge is 0.356 e. The number of esters is 3. The number of carboxylic acid groups (broad SMARTS) is 1. The topological polar surface area (TPSA) is 183 Å². The molecule has 0 heterocycles. The summed E-state index contributed by atoms with van der Waals surface area (Å²) in [6.07, 6.45) is 2.03. The van der Waals surface area contributed by atoms with Crippen molar-refractivity contribution in [3.8, 4) is 34.1 Å². The van der Waals surface area contributed by atoms with Gasteiger partial charge < -0.3 is 34.3 Å². The Bertz CT molecular complexity index is 2430. The van der Waals surface area contributed by atoms with Crippen molar-refractivity contribution >= 4 is 45.6 Å². The average molecular weight is 842 g/mol. The SMILES string of the molecule is COC1=CC(=O)C=C(C)[C@]1(O)C(=O)Oc1c(C)c(C)c(C(=O)Oc2cc(C)c(C(=O)Oc3c(C)c(C)c(C(=O)O)c(C)c3C)c(C)c2-c2ccccc2)c(O)c1Br. The summed E-state index contributed by atoms with van der Waals surface area (Å²) in [7, 11) is 1.19.